The molecule has 2 spiro atoms. The predicted octanol–water partition coefficient (Wildman–Crippen LogP) is 4.01. The molecule has 174 valence electrons. The Labute approximate surface area is 203 Å². The molecule has 0 unspecified atom stereocenters. The number of nitrogens with zero attached hydrogens (tertiary/aromatic N) is 1. The van der Waals surface area contributed by atoms with Crippen LogP contribution in [0, 0.1) is 12.8 Å². The third-order valence-corrected chi connectivity index (χ3v) is 8.59. The first-order chi connectivity index (χ1) is 17.0. The molecule has 2 N–H and O–H groups in total. The number of carbonyl (C=O) groups is 3. The Morgan fingerprint density at radius 3 is 2.43 bits per heavy atom. The minimum atomic E-state index is -1.38. The summed E-state index contributed by atoms with van der Waals surface area (Å²) in [5, 5.41) is 6.18. The third kappa shape index (κ3) is 2.26. The standard InChI is InChI=1S/C29H25N3O3/c1-17-13-14-22-20(16-17)29(27(35)31-22)28(19-10-5-6-11-21(19)30-26(28)34)24(23-12-7-15-32(23)29)25(33)18-8-3-2-4-9-18/h2-6,8-11,13-14,16,23-24H,7,12,15H2,1H3,(H,30,34)(H,31,35)/t23-,24+,28+,29-/m1/s1. The number of amides is 2. The van der Waals surface area contributed by atoms with Gasteiger partial charge in [-0.25, -0.2) is 0 Å². The highest BCUT2D eigenvalue weighted by Gasteiger charge is 2.81. The van der Waals surface area contributed by atoms with Crippen LogP contribution in [-0.2, 0) is 20.5 Å². The van der Waals surface area contributed by atoms with Crippen molar-refractivity contribution in [3.05, 3.63) is 95.1 Å². The molecule has 4 aliphatic heterocycles. The molecular weight excluding hydrogens is 438 g/mol. The predicted molar refractivity (Wildman–Crippen MR) is 132 cm³/mol. The second kappa shape index (κ2) is 6.89. The summed E-state index contributed by atoms with van der Waals surface area (Å²) in [6.45, 7) is 2.65. The molecule has 0 saturated carbocycles. The van der Waals surface area contributed by atoms with Gasteiger partial charge in [-0.1, -0.05) is 66.2 Å². The number of benzene rings is 3. The van der Waals surface area contributed by atoms with Crippen LogP contribution in [0.15, 0.2) is 72.8 Å². The van der Waals surface area contributed by atoms with Crippen molar-refractivity contribution in [2.45, 2.75) is 36.8 Å². The van der Waals surface area contributed by atoms with Crippen molar-refractivity contribution in [1.29, 1.82) is 0 Å². The largest absolute Gasteiger partial charge is 0.325 e. The van der Waals surface area contributed by atoms with Gasteiger partial charge >= 0.3 is 0 Å². The zero-order valence-corrected chi connectivity index (χ0v) is 19.4. The molecule has 4 atom stereocenters. The van der Waals surface area contributed by atoms with E-state index in [-0.39, 0.29) is 23.6 Å². The Kier molecular flexibility index (Phi) is 4.05. The van der Waals surface area contributed by atoms with Gasteiger partial charge in [0, 0.05) is 28.5 Å². The number of hydrogen-bond acceptors (Lipinski definition) is 4. The van der Waals surface area contributed by atoms with E-state index in [2.05, 4.69) is 15.5 Å². The zero-order chi connectivity index (χ0) is 23.9. The van der Waals surface area contributed by atoms with Crippen molar-refractivity contribution in [3.8, 4) is 0 Å². The molecule has 0 aliphatic carbocycles. The molecule has 2 fully saturated rings. The molecule has 6 heteroatoms. The summed E-state index contributed by atoms with van der Waals surface area (Å²) in [5.41, 5.74) is 1.82. The first-order valence-corrected chi connectivity index (χ1v) is 12.2. The number of anilines is 2. The summed E-state index contributed by atoms with van der Waals surface area (Å²) < 4.78 is 0. The summed E-state index contributed by atoms with van der Waals surface area (Å²) in [6.07, 6.45) is 1.63. The average molecular weight is 464 g/mol. The topological polar surface area (TPSA) is 78.5 Å². The van der Waals surface area contributed by atoms with Gasteiger partial charge in [0.1, 0.15) is 11.0 Å². The molecule has 0 bridgehead atoms. The van der Waals surface area contributed by atoms with E-state index in [1.807, 2.05) is 79.7 Å². The fourth-order valence-corrected chi connectivity index (χ4v) is 7.47. The van der Waals surface area contributed by atoms with Crippen LogP contribution in [0.2, 0.25) is 0 Å². The van der Waals surface area contributed by atoms with Crippen molar-refractivity contribution in [1.82, 2.24) is 4.90 Å². The highest BCUT2D eigenvalue weighted by atomic mass is 16.2. The van der Waals surface area contributed by atoms with Crippen LogP contribution in [-0.4, -0.2) is 35.1 Å². The summed E-state index contributed by atoms with van der Waals surface area (Å²) in [5.74, 6) is -1.28. The van der Waals surface area contributed by atoms with E-state index < -0.39 is 16.9 Å². The number of nitrogens with one attached hydrogen (secondary N) is 2. The quantitative estimate of drug-likeness (QED) is 0.563. The summed E-state index contributed by atoms with van der Waals surface area (Å²) in [6, 6.07) is 22.4. The molecule has 4 aliphatic rings. The van der Waals surface area contributed by atoms with Crippen LogP contribution in [0.1, 0.15) is 39.9 Å². The molecule has 6 nitrogen and oxygen atoms in total. The smallest absolute Gasteiger partial charge is 0.251 e. The SMILES string of the molecule is Cc1ccc2c(c1)[C@]1(C(=O)N2)N2CCC[C@@H]2[C@@H](C(=O)c2ccccc2)[C@@]12C(=O)Nc1ccccc12. The van der Waals surface area contributed by atoms with Crippen molar-refractivity contribution < 1.29 is 14.4 Å². The molecular formula is C29H25N3O3. The molecule has 2 amide bonds. The lowest BCUT2D eigenvalue weighted by Gasteiger charge is -2.43. The number of carbonyl (C=O) groups excluding carboxylic acids is 3. The van der Waals surface area contributed by atoms with Crippen LogP contribution in [0.5, 0.6) is 0 Å². The molecule has 0 radical (unpaired) electrons. The van der Waals surface area contributed by atoms with E-state index in [0.717, 1.165) is 35.2 Å². The maximum atomic E-state index is 14.4. The number of aryl methyl sites for hydroxylation is 1. The van der Waals surface area contributed by atoms with Crippen molar-refractivity contribution in [3.63, 3.8) is 0 Å². The van der Waals surface area contributed by atoms with Crippen LogP contribution < -0.4 is 10.6 Å². The van der Waals surface area contributed by atoms with Gasteiger partial charge in [-0.15, -0.1) is 0 Å². The molecule has 3 aromatic carbocycles. The number of fused-ring (bicyclic) bond motifs is 7. The fraction of sp³-hybridized carbons (Fsp3) is 0.276. The van der Waals surface area contributed by atoms with Crippen molar-refractivity contribution in [2.75, 3.05) is 17.2 Å². The molecule has 0 aromatic heterocycles. The normalized spacial score (nSPS) is 30.3. The number of ketones is 1. The molecule has 2 saturated heterocycles. The van der Waals surface area contributed by atoms with Gasteiger partial charge in [-0.05, 0) is 44.0 Å². The van der Waals surface area contributed by atoms with Crippen LogP contribution >= 0.6 is 0 Å². The Morgan fingerprint density at radius 1 is 0.886 bits per heavy atom. The van der Waals surface area contributed by atoms with Gasteiger partial charge in [-0.2, -0.15) is 0 Å². The minimum absolute atomic E-state index is 0.0832. The Hall–Kier alpha value is -3.77. The monoisotopic (exact) mass is 463 g/mol. The maximum Gasteiger partial charge on any atom is 0.251 e. The molecule has 35 heavy (non-hydrogen) atoms. The maximum absolute atomic E-state index is 14.4. The second-order valence-corrected chi connectivity index (χ2v) is 10.1. The number of hydrogen-bond donors (Lipinski definition) is 2. The van der Waals surface area contributed by atoms with Gasteiger partial charge in [0.25, 0.3) is 5.91 Å². The average Bonchev–Trinajstić information content (AvgIpc) is 3.58. The number of Topliss-reactive ketones (excluding diaryl/α,β-unsaturated/α-hetero) is 1. The van der Waals surface area contributed by atoms with E-state index in [0.29, 0.717) is 17.8 Å². The lowest BCUT2D eigenvalue weighted by atomic mass is 9.57. The van der Waals surface area contributed by atoms with Gasteiger partial charge in [0.2, 0.25) is 5.91 Å². The van der Waals surface area contributed by atoms with Gasteiger partial charge in [-0.3, -0.25) is 19.3 Å². The summed E-state index contributed by atoms with van der Waals surface area (Å²) in [7, 11) is 0. The third-order valence-electron chi connectivity index (χ3n) is 8.59. The van der Waals surface area contributed by atoms with E-state index >= 15 is 0 Å². The highest BCUT2D eigenvalue weighted by Crippen LogP contribution is 2.67. The number of para-hydroxylation sites is 1. The first kappa shape index (κ1) is 20.6. The summed E-state index contributed by atoms with van der Waals surface area (Å²) >= 11 is 0. The lowest BCUT2D eigenvalue weighted by Crippen LogP contribution is -2.62. The first-order valence-electron chi connectivity index (χ1n) is 12.2. The number of rotatable bonds is 2. The van der Waals surface area contributed by atoms with Crippen LogP contribution in [0.25, 0.3) is 0 Å². The van der Waals surface area contributed by atoms with E-state index in [1.165, 1.54) is 0 Å². The molecule has 4 heterocycles. The Balaban J connectivity index is 1.61. The Bertz CT molecular complexity index is 1430. The minimum Gasteiger partial charge on any atom is -0.325 e. The molecule has 3 aromatic rings. The second-order valence-electron chi connectivity index (χ2n) is 10.1. The molecule has 7 rings (SSSR count). The van der Waals surface area contributed by atoms with Crippen LogP contribution in [0.4, 0.5) is 11.4 Å². The van der Waals surface area contributed by atoms with Crippen LogP contribution in [0.3, 0.4) is 0 Å². The van der Waals surface area contributed by atoms with Crippen molar-refractivity contribution >= 4 is 29.0 Å². The van der Waals surface area contributed by atoms with Gasteiger partial charge < -0.3 is 10.6 Å². The summed E-state index contributed by atoms with van der Waals surface area (Å²) in [4.78, 5) is 45.2. The highest BCUT2D eigenvalue weighted by molar-refractivity contribution is 6.21. The van der Waals surface area contributed by atoms with E-state index in [4.69, 9.17) is 0 Å². The van der Waals surface area contributed by atoms with Crippen molar-refractivity contribution in [2.24, 2.45) is 5.92 Å². The lowest BCUT2D eigenvalue weighted by molar-refractivity contribution is -0.137. The van der Waals surface area contributed by atoms with E-state index in [9.17, 15) is 14.4 Å². The Morgan fingerprint density at radius 2 is 1.60 bits per heavy atom. The fourth-order valence-electron chi connectivity index (χ4n) is 7.47. The zero-order valence-electron chi connectivity index (χ0n) is 19.4. The van der Waals surface area contributed by atoms with Gasteiger partial charge in [0.15, 0.2) is 5.78 Å². The van der Waals surface area contributed by atoms with E-state index in [1.54, 1.807) is 0 Å². The van der Waals surface area contributed by atoms with Gasteiger partial charge in [0.05, 0.1) is 5.92 Å².